The molecule has 8 heteroatoms. The lowest BCUT2D eigenvalue weighted by Gasteiger charge is -2.24. The quantitative estimate of drug-likeness (QED) is 0.786. The number of pyridine rings is 1. The third-order valence-corrected chi connectivity index (χ3v) is 5.30. The molecule has 1 atom stereocenters. The zero-order valence-electron chi connectivity index (χ0n) is 15.8. The van der Waals surface area contributed by atoms with Crippen molar-refractivity contribution in [2.75, 3.05) is 37.6 Å². The summed E-state index contributed by atoms with van der Waals surface area (Å²) in [6.45, 7) is 3.85. The first kappa shape index (κ1) is 18.3. The van der Waals surface area contributed by atoms with Crippen LogP contribution in [0.3, 0.4) is 0 Å². The lowest BCUT2D eigenvalue weighted by Crippen LogP contribution is -2.40. The number of hydrogen-bond acceptors (Lipinski definition) is 6. The molecule has 2 aromatic rings. The molecule has 2 fully saturated rings. The van der Waals surface area contributed by atoms with Crippen LogP contribution in [0.25, 0.3) is 0 Å². The molecule has 0 aromatic carbocycles. The summed E-state index contributed by atoms with van der Waals surface area (Å²) < 4.78 is 0. The van der Waals surface area contributed by atoms with E-state index in [1.807, 2.05) is 17.0 Å². The summed E-state index contributed by atoms with van der Waals surface area (Å²) in [6, 6.07) is 5.61. The second-order valence-electron chi connectivity index (χ2n) is 7.25. The van der Waals surface area contributed by atoms with Gasteiger partial charge in [0.1, 0.15) is 0 Å². The van der Waals surface area contributed by atoms with Crippen LogP contribution in [-0.2, 0) is 16.1 Å². The van der Waals surface area contributed by atoms with Crippen LogP contribution in [0.1, 0.15) is 18.4 Å². The van der Waals surface area contributed by atoms with Crippen LogP contribution in [0.2, 0.25) is 0 Å². The lowest BCUT2D eigenvalue weighted by molar-refractivity contribution is -0.135. The monoisotopic (exact) mass is 380 g/mol. The van der Waals surface area contributed by atoms with E-state index >= 15 is 0 Å². The smallest absolute Gasteiger partial charge is 0.228 e. The van der Waals surface area contributed by atoms with E-state index in [1.165, 1.54) is 0 Å². The third kappa shape index (κ3) is 4.11. The molecule has 28 heavy (non-hydrogen) atoms. The van der Waals surface area contributed by atoms with Crippen LogP contribution in [0.5, 0.6) is 0 Å². The summed E-state index contributed by atoms with van der Waals surface area (Å²) in [7, 11) is 0. The van der Waals surface area contributed by atoms with Gasteiger partial charge in [0, 0.05) is 70.5 Å². The molecule has 2 aliphatic rings. The minimum Gasteiger partial charge on any atom is -0.341 e. The van der Waals surface area contributed by atoms with Crippen molar-refractivity contribution in [3.8, 4) is 0 Å². The zero-order valence-corrected chi connectivity index (χ0v) is 15.8. The van der Waals surface area contributed by atoms with Crippen molar-refractivity contribution in [2.45, 2.75) is 19.4 Å². The molecule has 2 amide bonds. The Labute approximate surface area is 164 Å². The van der Waals surface area contributed by atoms with Crippen LogP contribution in [-0.4, -0.2) is 69.3 Å². The standard InChI is InChI=1S/C20H24N6O2/c27-18-12-17(15-26(18)14-16-4-1-5-21-13-16)19(28)24-8-3-9-25(11-10-24)20-22-6-2-7-23-20/h1-2,4-7,13,17H,3,8-12,14-15H2. The predicted octanol–water partition coefficient (Wildman–Crippen LogP) is 0.959. The number of anilines is 1. The number of likely N-dealkylation sites (tertiary alicyclic amines) is 1. The summed E-state index contributed by atoms with van der Waals surface area (Å²) in [6.07, 6.45) is 8.10. The fraction of sp³-hybridized carbons (Fsp3) is 0.450. The van der Waals surface area contributed by atoms with E-state index < -0.39 is 0 Å². The van der Waals surface area contributed by atoms with Gasteiger partial charge in [-0.2, -0.15) is 0 Å². The lowest BCUT2D eigenvalue weighted by atomic mass is 10.1. The maximum absolute atomic E-state index is 13.0. The minimum atomic E-state index is -0.260. The van der Waals surface area contributed by atoms with E-state index in [2.05, 4.69) is 19.9 Å². The van der Waals surface area contributed by atoms with Crippen LogP contribution in [0.4, 0.5) is 5.95 Å². The maximum Gasteiger partial charge on any atom is 0.228 e. The van der Waals surface area contributed by atoms with Crippen molar-refractivity contribution in [3.05, 3.63) is 48.5 Å². The topological polar surface area (TPSA) is 82.5 Å². The average molecular weight is 380 g/mol. The Kier molecular flexibility index (Phi) is 5.45. The Hall–Kier alpha value is -3.03. The Morgan fingerprint density at radius 1 is 1.07 bits per heavy atom. The second-order valence-corrected chi connectivity index (χ2v) is 7.25. The van der Waals surface area contributed by atoms with E-state index in [9.17, 15) is 9.59 Å². The van der Waals surface area contributed by atoms with Gasteiger partial charge in [-0.15, -0.1) is 0 Å². The van der Waals surface area contributed by atoms with Crippen LogP contribution in [0.15, 0.2) is 43.0 Å². The molecule has 0 bridgehead atoms. The van der Waals surface area contributed by atoms with Crippen molar-refractivity contribution in [3.63, 3.8) is 0 Å². The average Bonchev–Trinajstić information content (AvgIpc) is 2.94. The summed E-state index contributed by atoms with van der Waals surface area (Å²) in [5.41, 5.74) is 0.984. The number of carbonyl (C=O) groups is 2. The van der Waals surface area contributed by atoms with Crippen molar-refractivity contribution < 1.29 is 9.59 Å². The molecule has 0 spiro atoms. The first-order valence-electron chi connectivity index (χ1n) is 9.68. The maximum atomic E-state index is 13.0. The molecule has 2 aromatic heterocycles. The Bertz CT molecular complexity index is 816. The number of nitrogens with zero attached hydrogens (tertiary/aromatic N) is 6. The first-order valence-corrected chi connectivity index (χ1v) is 9.68. The highest BCUT2D eigenvalue weighted by atomic mass is 16.2. The van der Waals surface area contributed by atoms with E-state index in [-0.39, 0.29) is 17.7 Å². The number of carbonyl (C=O) groups excluding carboxylic acids is 2. The van der Waals surface area contributed by atoms with E-state index in [1.54, 1.807) is 35.8 Å². The molecule has 0 N–H and O–H groups in total. The van der Waals surface area contributed by atoms with Gasteiger partial charge in [-0.1, -0.05) is 6.07 Å². The summed E-state index contributed by atoms with van der Waals surface area (Å²) in [5.74, 6) is 0.563. The molecule has 0 aliphatic carbocycles. The van der Waals surface area contributed by atoms with Crippen molar-refractivity contribution in [1.82, 2.24) is 24.8 Å². The number of hydrogen-bond donors (Lipinski definition) is 0. The van der Waals surface area contributed by atoms with E-state index in [0.717, 1.165) is 18.5 Å². The summed E-state index contributed by atoms with van der Waals surface area (Å²) in [5, 5.41) is 0. The molecule has 2 aliphatic heterocycles. The molecule has 0 saturated carbocycles. The Morgan fingerprint density at radius 2 is 1.93 bits per heavy atom. The normalized spacial score (nSPS) is 20.4. The van der Waals surface area contributed by atoms with E-state index in [0.29, 0.717) is 45.1 Å². The van der Waals surface area contributed by atoms with Gasteiger partial charge in [-0.25, -0.2) is 9.97 Å². The fourth-order valence-electron chi connectivity index (χ4n) is 3.85. The number of amides is 2. The predicted molar refractivity (Wildman–Crippen MR) is 103 cm³/mol. The largest absolute Gasteiger partial charge is 0.341 e. The molecular formula is C20H24N6O2. The van der Waals surface area contributed by atoms with Crippen molar-refractivity contribution in [1.29, 1.82) is 0 Å². The summed E-state index contributed by atoms with van der Waals surface area (Å²) >= 11 is 0. The summed E-state index contributed by atoms with van der Waals surface area (Å²) in [4.78, 5) is 43.9. The van der Waals surface area contributed by atoms with Gasteiger partial charge >= 0.3 is 0 Å². The molecule has 146 valence electrons. The second kappa shape index (κ2) is 8.33. The van der Waals surface area contributed by atoms with Crippen molar-refractivity contribution >= 4 is 17.8 Å². The van der Waals surface area contributed by atoms with Crippen LogP contribution in [0, 0.1) is 5.92 Å². The van der Waals surface area contributed by atoms with Crippen LogP contribution < -0.4 is 4.90 Å². The van der Waals surface area contributed by atoms with Crippen LogP contribution >= 0.6 is 0 Å². The molecule has 0 radical (unpaired) electrons. The fourth-order valence-corrected chi connectivity index (χ4v) is 3.85. The molecular weight excluding hydrogens is 356 g/mol. The Morgan fingerprint density at radius 3 is 2.71 bits per heavy atom. The van der Waals surface area contributed by atoms with Gasteiger partial charge in [0.15, 0.2) is 0 Å². The van der Waals surface area contributed by atoms with Gasteiger partial charge < -0.3 is 14.7 Å². The van der Waals surface area contributed by atoms with Gasteiger partial charge in [0.05, 0.1) is 5.92 Å². The SMILES string of the molecule is O=C1CC(C(=O)N2CCCN(c3ncccn3)CC2)CN1Cc1cccnc1. The van der Waals surface area contributed by atoms with Crippen molar-refractivity contribution in [2.24, 2.45) is 5.92 Å². The number of rotatable bonds is 4. The molecule has 4 heterocycles. The van der Waals surface area contributed by atoms with Gasteiger partial charge in [-0.05, 0) is 24.1 Å². The highest BCUT2D eigenvalue weighted by Crippen LogP contribution is 2.23. The molecule has 1 unspecified atom stereocenters. The Balaban J connectivity index is 1.35. The molecule has 4 rings (SSSR count). The number of aromatic nitrogens is 3. The minimum absolute atomic E-state index is 0.0383. The zero-order chi connectivity index (χ0) is 19.3. The first-order chi connectivity index (χ1) is 13.7. The molecule has 8 nitrogen and oxygen atoms in total. The van der Waals surface area contributed by atoms with E-state index in [4.69, 9.17) is 0 Å². The van der Waals surface area contributed by atoms with Gasteiger partial charge in [0.2, 0.25) is 17.8 Å². The van der Waals surface area contributed by atoms with Gasteiger partial charge in [0.25, 0.3) is 0 Å². The molecule has 2 saturated heterocycles. The highest BCUT2D eigenvalue weighted by molar-refractivity contribution is 5.89. The highest BCUT2D eigenvalue weighted by Gasteiger charge is 2.36. The third-order valence-electron chi connectivity index (χ3n) is 5.30. The van der Waals surface area contributed by atoms with Gasteiger partial charge in [-0.3, -0.25) is 14.6 Å².